The standard InChI is InChI=1S/C17H22N4O2/c1-11(2)20-17(23)15-6-4-13(8-12(15)3)21-16(22)7-5-14-9-18-10-19-14/h4,6,8-11H,5,7H2,1-3H3,(H,18,19)(H,20,23)(H,21,22). The molecule has 6 heteroatoms. The molecule has 2 aromatic rings. The van der Waals surface area contributed by atoms with Crippen LogP contribution in [0.25, 0.3) is 0 Å². The third kappa shape index (κ3) is 4.95. The Morgan fingerprint density at radius 2 is 2.09 bits per heavy atom. The number of anilines is 1. The molecule has 0 saturated heterocycles. The van der Waals surface area contributed by atoms with E-state index >= 15 is 0 Å². The van der Waals surface area contributed by atoms with Gasteiger partial charge in [-0.25, -0.2) is 4.98 Å². The molecule has 0 aliphatic heterocycles. The summed E-state index contributed by atoms with van der Waals surface area (Å²) < 4.78 is 0. The van der Waals surface area contributed by atoms with Crippen molar-refractivity contribution in [2.45, 2.75) is 39.7 Å². The maximum Gasteiger partial charge on any atom is 0.251 e. The van der Waals surface area contributed by atoms with Gasteiger partial charge in [-0.2, -0.15) is 0 Å². The third-order valence-corrected chi connectivity index (χ3v) is 3.35. The van der Waals surface area contributed by atoms with Crippen molar-refractivity contribution in [1.82, 2.24) is 15.3 Å². The average Bonchev–Trinajstić information content (AvgIpc) is 2.97. The van der Waals surface area contributed by atoms with E-state index in [4.69, 9.17) is 0 Å². The first kappa shape index (κ1) is 16.7. The Hall–Kier alpha value is -2.63. The van der Waals surface area contributed by atoms with E-state index in [1.54, 1.807) is 24.7 Å². The van der Waals surface area contributed by atoms with Crippen LogP contribution in [0.15, 0.2) is 30.7 Å². The molecule has 0 spiro atoms. The van der Waals surface area contributed by atoms with Crippen molar-refractivity contribution in [1.29, 1.82) is 0 Å². The van der Waals surface area contributed by atoms with Gasteiger partial charge in [0.05, 0.1) is 6.33 Å². The number of aromatic nitrogens is 2. The summed E-state index contributed by atoms with van der Waals surface area (Å²) >= 11 is 0. The van der Waals surface area contributed by atoms with Crippen LogP contribution in [0.5, 0.6) is 0 Å². The maximum absolute atomic E-state index is 12.0. The second-order valence-corrected chi connectivity index (χ2v) is 5.78. The number of hydrogen-bond donors (Lipinski definition) is 3. The van der Waals surface area contributed by atoms with Gasteiger partial charge in [-0.1, -0.05) is 0 Å². The van der Waals surface area contributed by atoms with Gasteiger partial charge in [-0.3, -0.25) is 9.59 Å². The highest BCUT2D eigenvalue weighted by Crippen LogP contribution is 2.16. The number of aryl methyl sites for hydroxylation is 2. The summed E-state index contributed by atoms with van der Waals surface area (Å²) in [5, 5.41) is 5.71. The molecule has 122 valence electrons. The van der Waals surface area contributed by atoms with Crippen LogP contribution in [-0.2, 0) is 11.2 Å². The Morgan fingerprint density at radius 3 is 2.70 bits per heavy atom. The average molecular weight is 314 g/mol. The fourth-order valence-corrected chi connectivity index (χ4v) is 2.23. The molecule has 0 aliphatic carbocycles. The number of carbonyl (C=O) groups is 2. The summed E-state index contributed by atoms with van der Waals surface area (Å²) in [6, 6.07) is 5.38. The van der Waals surface area contributed by atoms with Gasteiger partial charge in [0.25, 0.3) is 5.91 Å². The second-order valence-electron chi connectivity index (χ2n) is 5.78. The van der Waals surface area contributed by atoms with Crippen molar-refractivity contribution in [2.75, 3.05) is 5.32 Å². The van der Waals surface area contributed by atoms with Gasteiger partial charge in [-0.15, -0.1) is 0 Å². The first-order chi connectivity index (χ1) is 11.0. The number of hydrogen-bond acceptors (Lipinski definition) is 3. The number of carbonyl (C=O) groups excluding carboxylic acids is 2. The summed E-state index contributed by atoms with van der Waals surface area (Å²) in [5.74, 6) is -0.173. The van der Waals surface area contributed by atoms with E-state index < -0.39 is 0 Å². The van der Waals surface area contributed by atoms with Crippen molar-refractivity contribution in [3.8, 4) is 0 Å². The van der Waals surface area contributed by atoms with E-state index in [9.17, 15) is 9.59 Å². The van der Waals surface area contributed by atoms with E-state index in [1.165, 1.54) is 0 Å². The quantitative estimate of drug-likeness (QED) is 0.765. The number of imidazole rings is 1. The molecule has 0 unspecified atom stereocenters. The van der Waals surface area contributed by atoms with Gasteiger partial charge in [0.1, 0.15) is 0 Å². The molecule has 2 amide bonds. The van der Waals surface area contributed by atoms with Crippen molar-refractivity contribution in [3.05, 3.63) is 47.5 Å². The monoisotopic (exact) mass is 314 g/mol. The summed E-state index contributed by atoms with van der Waals surface area (Å²) in [5.41, 5.74) is 3.07. The SMILES string of the molecule is Cc1cc(NC(=O)CCc2cnc[nH]2)ccc1C(=O)NC(C)C. The molecular formula is C17H22N4O2. The van der Waals surface area contributed by atoms with Crippen LogP contribution in [0.4, 0.5) is 5.69 Å². The fourth-order valence-electron chi connectivity index (χ4n) is 2.23. The molecule has 1 heterocycles. The zero-order valence-corrected chi connectivity index (χ0v) is 13.6. The maximum atomic E-state index is 12.0. The van der Waals surface area contributed by atoms with Crippen molar-refractivity contribution >= 4 is 17.5 Å². The van der Waals surface area contributed by atoms with Crippen molar-refractivity contribution in [2.24, 2.45) is 0 Å². The number of rotatable bonds is 6. The number of amides is 2. The molecule has 6 nitrogen and oxygen atoms in total. The van der Waals surface area contributed by atoms with Crippen LogP contribution < -0.4 is 10.6 Å². The van der Waals surface area contributed by atoms with Gasteiger partial charge in [0, 0.05) is 35.6 Å². The van der Waals surface area contributed by atoms with Crippen LogP contribution >= 0.6 is 0 Å². The van der Waals surface area contributed by atoms with Gasteiger partial charge in [-0.05, 0) is 51.0 Å². The Balaban J connectivity index is 1.94. The molecule has 23 heavy (non-hydrogen) atoms. The lowest BCUT2D eigenvalue weighted by atomic mass is 10.1. The van der Waals surface area contributed by atoms with E-state index in [0.717, 1.165) is 11.3 Å². The van der Waals surface area contributed by atoms with Gasteiger partial charge in [0.2, 0.25) is 5.91 Å². The fraction of sp³-hybridized carbons (Fsp3) is 0.353. The molecule has 1 aromatic carbocycles. The molecule has 0 saturated carbocycles. The summed E-state index contributed by atoms with van der Waals surface area (Å²) in [6.45, 7) is 5.69. The molecule has 2 rings (SSSR count). The second kappa shape index (κ2) is 7.58. The summed E-state index contributed by atoms with van der Waals surface area (Å²) in [6.07, 6.45) is 4.29. The van der Waals surface area contributed by atoms with Gasteiger partial charge < -0.3 is 15.6 Å². The van der Waals surface area contributed by atoms with E-state index in [-0.39, 0.29) is 17.9 Å². The van der Waals surface area contributed by atoms with E-state index in [2.05, 4.69) is 20.6 Å². The number of nitrogens with zero attached hydrogens (tertiary/aromatic N) is 1. The first-order valence-corrected chi connectivity index (χ1v) is 7.64. The minimum absolute atomic E-state index is 0.0709. The molecule has 0 aliphatic rings. The largest absolute Gasteiger partial charge is 0.350 e. The minimum Gasteiger partial charge on any atom is -0.350 e. The smallest absolute Gasteiger partial charge is 0.251 e. The van der Waals surface area contributed by atoms with Crippen LogP contribution in [0, 0.1) is 6.92 Å². The highest BCUT2D eigenvalue weighted by molar-refractivity contribution is 5.97. The Bertz CT molecular complexity index is 678. The lowest BCUT2D eigenvalue weighted by Crippen LogP contribution is -2.30. The van der Waals surface area contributed by atoms with Crippen LogP contribution in [0.3, 0.4) is 0 Å². The predicted octanol–water partition coefficient (Wildman–Crippen LogP) is 2.43. The lowest BCUT2D eigenvalue weighted by Gasteiger charge is -2.12. The summed E-state index contributed by atoms with van der Waals surface area (Å²) in [7, 11) is 0. The molecule has 0 fully saturated rings. The Labute approximate surface area is 135 Å². The topological polar surface area (TPSA) is 86.9 Å². The van der Waals surface area contributed by atoms with Crippen molar-refractivity contribution < 1.29 is 9.59 Å². The zero-order chi connectivity index (χ0) is 16.8. The lowest BCUT2D eigenvalue weighted by molar-refractivity contribution is -0.116. The molecule has 0 bridgehead atoms. The minimum atomic E-state index is -0.102. The predicted molar refractivity (Wildman–Crippen MR) is 89.3 cm³/mol. The van der Waals surface area contributed by atoms with Crippen molar-refractivity contribution in [3.63, 3.8) is 0 Å². The highest BCUT2D eigenvalue weighted by atomic mass is 16.2. The number of nitrogens with one attached hydrogen (secondary N) is 3. The molecule has 1 aromatic heterocycles. The first-order valence-electron chi connectivity index (χ1n) is 7.64. The number of aromatic amines is 1. The number of H-pyrrole nitrogens is 1. The molecule has 0 radical (unpaired) electrons. The molecule has 3 N–H and O–H groups in total. The Morgan fingerprint density at radius 1 is 1.30 bits per heavy atom. The normalized spacial score (nSPS) is 10.6. The van der Waals surface area contributed by atoms with E-state index in [0.29, 0.717) is 24.1 Å². The molecular weight excluding hydrogens is 292 g/mol. The van der Waals surface area contributed by atoms with Crippen LogP contribution in [-0.4, -0.2) is 27.8 Å². The summed E-state index contributed by atoms with van der Waals surface area (Å²) in [4.78, 5) is 30.9. The van der Waals surface area contributed by atoms with Gasteiger partial charge in [0.15, 0.2) is 0 Å². The zero-order valence-electron chi connectivity index (χ0n) is 13.6. The molecule has 0 atom stereocenters. The third-order valence-electron chi connectivity index (χ3n) is 3.35. The van der Waals surface area contributed by atoms with Crippen LogP contribution in [0.2, 0.25) is 0 Å². The van der Waals surface area contributed by atoms with E-state index in [1.807, 2.05) is 26.8 Å². The van der Waals surface area contributed by atoms with Crippen LogP contribution in [0.1, 0.15) is 41.9 Å². The van der Waals surface area contributed by atoms with Gasteiger partial charge >= 0.3 is 0 Å². The number of benzene rings is 1. The highest BCUT2D eigenvalue weighted by Gasteiger charge is 2.11. The Kier molecular flexibility index (Phi) is 5.51.